The van der Waals surface area contributed by atoms with Crippen molar-refractivity contribution in [3.8, 4) is 0 Å². The van der Waals surface area contributed by atoms with Gasteiger partial charge >= 0.3 is 5.97 Å². The highest BCUT2D eigenvalue weighted by molar-refractivity contribution is 9.10. The molecule has 1 aromatic carbocycles. The van der Waals surface area contributed by atoms with Gasteiger partial charge in [-0.15, -0.1) is 0 Å². The predicted octanol–water partition coefficient (Wildman–Crippen LogP) is 1.50. The molecule has 2 unspecified atom stereocenters. The Morgan fingerprint density at radius 1 is 1.44 bits per heavy atom. The second-order valence-electron chi connectivity index (χ2n) is 3.85. The average molecular weight is 314 g/mol. The van der Waals surface area contributed by atoms with Crippen LogP contribution < -0.4 is 0 Å². The number of carbonyl (C=O) groups excluding carboxylic acids is 1. The first-order chi connectivity index (χ1) is 8.54. The molecule has 18 heavy (non-hydrogen) atoms. The number of fused-ring (bicyclic) bond motifs is 1. The molecule has 0 fully saturated rings. The Bertz CT molecular complexity index is 580. The first-order valence-corrected chi connectivity index (χ1v) is 6.04. The Balaban J connectivity index is 2.41. The topological polar surface area (TPSA) is 82.6 Å². The van der Waals surface area contributed by atoms with Crippen molar-refractivity contribution in [3.63, 3.8) is 0 Å². The summed E-state index contributed by atoms with van der Waals surface area (Å²) in [5.74, 6) is -0.869. The van der Waals surface area contributed by atoms with Crippen molar-refractivity contribution in [2.24, 2.45) is 0 Å². The highest BCUT2D eigenvalue weighted by Crippen LogP contribution is 2.28. The lowest BCUT2D eigenvalue weighted by molar-refractivity contribution is -0.156. The third-order valence-electron chi connectivity index (χ3n) is 2.74. The Kier molecular flexibility index (Phi) is 3.70. The van der Waals surface area contributed by atoms with Crippen molar-refractivity contribution in [3.05, 3.63) is 34.4 Å². The number of carbonyl (C=O) groups is 1. The van der Waals surface area contributed by atoms with Gasteiger partial charge < -0.3 is 19.9 Å². The van der Waals surface area contributed by atoms with E-state index in [-0.39, 0.29) is 0 Å². The maximum absolute atomic E-state index is 11.2. The zero-order chi connectivity index (χ0) is 13.3. The first-order valence-electron chi connectivity index (χ1n) is 5.25. The lowest BCUT2D eigenvalue weighted by Crippen LogP contribution is -2.28. The van der Waals surface area contributed by atoms with Crippen LogP contribution >= 0.6 is 15.9 Å². The van der Waals surface area contributed by atoms with Crippen LogP contribution in [0.5, 0.6) is 0 Å². The number of halogens is 1. The molecule has 3 N–H and O–H groups in total. The molecular weight excluding hydrogens is 302 g/mol. The summed E-state index contributed by atoms with van der Waals surface area (Å²) in [6.07, 6.45) is -1.37. The van der Waals surface area contributed by atoms with Gasteiger partial charge in [-0.3, -0.25) is 0 Å². The number of aromatic nitrogens is 1. The number of hydrogen-bond donors (Lipinski definition) is 3. The van der Waals surface area contributed by atoms with Crippen LogP contribution in [0.25, 0.3) is 10.9 Å². The van der Waals surface area contributed by atoms with E-state index in [9.17, 15) is 15.0 Å². The first kappa shape index (κ1) is 13.1. The molecule has 0 aliphatic carbocycles. The van der Waals surface area contributed by atoms with E-state index in [0.29, 0.717) is 5.56 Å². The molecule has 0 saturated carbocycles. The minimum atomic E-state index is -1.60. The summed E-state index contributed by atoms with van der Waals surface area (Å²) in [5.41, 5.74) is 1.26. The van der Waals surface area contributed by atoms with E-state index in [1.54, 1.807) is 12.3 Å². The van der Waals surface area contributed by atoms with Gasteiger partial charge in [-0.05, 0) is 18.2 Å². The van der Waals surface area contributed by atoms with Gasteiger partial charge in [0.05, 0.1) is 7.11 Å². The lowest BCUT2D eigenvalue weighted by atomic mass is 10.0. The number of ether oxygens (including phenoxy) is 1. The van der Waals surface area contributed by atoms with Crippen LogP contribution in [-0.4, -0.2) is 34.4 Å². The molecule has 0 bridgehead atoms. The number of H-pyrrole nitrogens is 1. The molecule has 6 heteroatoms. The maximum Gasteiger partial charge on any atom is 0.337 e. The second kappa shape index (κ2) is 5.09. The Morgan fingerprint density at radius 2 is 2.17 bits per heavy atom. The summed E-state index contributed by atoms with van der Waals surface area (Å²) in [5, 5.41) is 20.4. The highest BCUT2D eigenvalue weighted by atomic mass is 79.9. The number of benzene rings is 1. The summed E-state index contributed by atoms with van der Waals surface area (Å²) in [6, 6.07) is 5.49. The number of aliphatic hydroxyl groups is 2. The summed E-state index contributed by atoms with van der Waals surface area (Å²) in [6.45, 7) is 0. The van der Waals surface area contributed by atoms with Gasteiger partial charge in [0.2, 0.25) is 0 Å². The van der Waals surface area contributed by atoms with E-state index in [4.69, 9.17) is 0 Å². The van der Waals surface area contributed by atoms with E-state index in [2.05, 4.69) is 25.7 Å². The Morgan fingerprint density at radius 3 is 2.83 bits per heavy atom. The Labute approximate surface area is 112 Å². The summed E-state index contributed by atoms with van der Waals surface area (Å²) >= 11 is 3.33. The number of esters is 1. The predicted molar refractivity (Wildman–Crippen MR) is 69.0 cm³/mol. The van der Waals surface area contributed by atoms with Gasteiger partial charge in [0.25, 0.3) is 0 Å². The molecule has 2 atom stereocenters. The standard InChI is InChI=1S/C12H12BrNO4/c1-18-12(17)11(16)10(15)8-5-14-9-3-2-6(13)4-7(8)9/h2-5,10-11,14-16H,1H3. The zero-order valence-electron chi connectivity index (χ0n) is 9.55. The fourth-order valence-corrected chi connectivity index (χ4v) is 2.14. The number of rotatable bonds is 3. The van der Waals surface area contributed by atoms with Crippen molar-refractivity contribution in [1.82, 2.24) is 4.98 Å². The van der Waals surface area contributed by atoms with Crippen molar-refractivity contribution in [2.45, 2.75) is 12.2 Å². The van der Waals surface area contributed by atoms with Gasteiger partial charge in [-0.2, -0.15) is 0 Å². The van der Waals surface area contributed by atoms with Crippen LogP contribution in [0.1, 0.15) is 11.7 Å². The SMILES string of the molecule is COC(=O)C(O)C(O)c1c[nH]c2ccc(Br)cc12. The molecule has 1 heterocycles. The average Bonchev–Trinajstić information content (AvgIpc) is 2.78. The van der Waals surface area contributed by atoms with Crippen LogP contribution in [0.2, 0.25) is 0 Å². The molecule has 1 aromatic heterocycles. The van der Waals surface area contributed by atoms with Crippen molar-refractivity contribution >= 4 is 32.8 Å². The van der Waals surface area contributed by atoms with Crippen LogP contribution in [0, 0.1) is 0 Å². The molecule has 2 aromatic rings. The van der Waals surface area contributed by atoms with E-state index in [1.807, 2.05) is 12.1 Å². The normalized spacial score (nSPS) is 14.4. The minimum absolute atomic E-state index is 0.448. The fourth-order valence-electron chi connectivity index (χ4n) is 1.78. The molecule has 0 aliphatic heterocycles. The van der Waals surface area contributed by atoms with E-state index in [0.717, 1.165) is 22.5 Å². The number of hydrogen-bond acceptors (Lipinski definition) is 4. The second-order valence-corrected chi connectivity index (χ2v) is 4.76. The summed E-state index contributed by atoms with van der Waals surface area (Å²) in [4.78, 5) is 14.2. The summed E-state index contributed by atoms with van der Waals surface area (Å²) in [7, 11) is 1.16. The largest absolute Gasteiger partial charge is 0.467 e. The lowest BCUT2D eigenvalue weighted by Gasteiger charge is -2.15. The van der Waals surface area contributed by atoms with Crippen molar-refractivity contribution in [2.75, 3.05) is 7.11 Å². The molecule has 0 aliphatic rings. The third-order valence-corrected chi connectivity index (χ3v) is 3.23. The van der Waals surface area contributed by atoms with Crippen LogP contribution in [-0.2, 0) is 9.53 Å². The van der Waals surface area contributed by atoms with Gasteiger partial charge in [-0.1, -0.05) is 15.9 Å². The molecule has 0 amide bonds. The summed E-state index contributed by atoms with van der Waals surface area (Å²) < 4.78 is 5.24. The number of methoxy groups -OCH3 is 1. The number of nitrogens with one attached hydrogen (secondary N) is 1. The molecule has 5 nitrogen and oxygen atoms in total. The van der Waals surface area contributed by atoms with E-state index in [1.165, 1.54) is 0 Å². The van der Waals surface area contributed by atoms with Crippen molar-refractivity contribution in [1.29, 1.82) is 0 Å². The van der Waals surface area contributed by atoms with Gasteiger partial charge in [-0.25, -0.2) is 4.79 Å². The third kappa shape index (κ3) is 2.27. The quantitative estimate of drug-likeness (QED) is 0.750. The highest BCUT2D eigenvalue weighted by Gasteiger charge is 2.28. The van der Waals surface area contributed by atoms with Gasteiger partial charge in [0, 0.05) is 27.1 Å². The van der Waals surface area contributed by atoms with E-state index < -0.39 is 18.2 Å². The number of aromatic amines is 1. The monoisotopic (exact) mass is 313 g/mol. The molecule has 96 valence electrons. The molecule has 0 radical (unpaired) electrons. The number of aliphatic hydroxyl groups excluding tert-OH is 2. The van der Waals surface area contributed by atoms with E-state index >= 15 is 0 Å². The van der Waals surface area contributed by atoms with Gasteiger partial charge in [0.15, 0.2) is 6.10 Å². The molecular formula is C12H12BrNO4. The molecule has 0 saturated heterocycles. The van der Waals surface area contributed by atoms with Crippen LogP contribution in [0.3, 0.4) is 0 Å². The molecule has 0 spiro atoms. The smallest absolute Gasteiger partial charge is 0.337 e. The van der Waals surface area contributed by atoms with Crippen LogP contribution in [0.15, 0.2) is 28.9 Å². The van der Waals surface area contributed by atoms with Crippen molar-refractivity contribution < 1.29 is 19.7 Å². The zero-order valence-corrected chi connectivity index (χ0v) is 11.1. The molecule has 2 rings (SSSR count). The van der Waals surface area contributed by atoms with Gasteiger partial charge in [0.1, 0.15) is 6.10 Å². The maximum atomic E-state index is 11.2. The Hall–Kier alpha value is -1.37. The fraction of sp³-hybridized carbons (Fsp3) is 0.250. The minimum Gasteiger partial charge on any atom is -0.467 e. The van der Waals surface area contributed by atoms with Crippen LogP contribution in [0.4, 0.5) is 0 Å².